The van der Waals surface area contributed by atoms with Crippen LogP contribution in [-0.4, -0.2) is 91.2 Å². The third-order valence-corrected chi connectivity index (χ3v) is 19.8. The molecule has 0 spiro atoms. The molecule has 3 aliphatic rings. The van der Waals surface area contributed by atoms with Crippen molar-refractivity contribution in [2.45, 2.75) is 116 Å². The summed E-state index contributed by atoms with van der Waals surface area (Å²) in [6, 6.07) is 23.1. The highest BCUT2D eigenvalue weighted by atomic mass is 28.4. The van der Waals surface area contributed by atoms with Crippen LogP contribution in [-0.2, 0) is 19.1 Å². The van der Waals surface area contributed by atoms with E-state index >= 15 is 0 Å². The smallest absolute Gasteiger partial charge is 0.414 e. The molecule has 0 saturated carbocycles. The Bertz CT molecular complexity index is 2550. The number of ketones is 1. The van der Waals surface area contributed by atoms with Crippen LogP contribution in [0.1, 0.15) is 102 Å². The van der Waals surface area contributed by atoms with E-state index in [1.807, 2.05) is 48.5 Å². The molecule has 2 heterocycles. The average molecular weight is 946 g/mol. The van der Waals surface area contributed by atoms with Crippen molar-refractivity contribution in [2.24, 2.45) is 5.92 Å². The number of rotatable bonds is 17. The summed E-state index contributed by atoms with van der Waals surface area (Å²) in [6.45, 7) is 17.9. The Kier molecular flexibility index (Phi) is 14.5. The normalized spacial score (nSPS) is 17.5. The molecule has 3 amide bonds. The Morgan fingerprint density at radius 1 is 0.794 bits per heavy atom. The summed E-state index contributed by atoms with van der Waals surface area (Å²) in [4.78, 5) is 69.5. The second-order valence-electron chi connectivity index (χ2n) is 19.1. The summed E-state index contributed by atoms with van der Waals surface area (Å²) in [7, 11) is -1.07. The van der Waals surface area contributed by atoms with E-state index in [4.69, 9.17) is 13.9 Å². The van der Waals surface area contributed by atoms with E-state index in [9.17, 15) is 34.2 Å². The van der Waals surface area contributed by atoms with Crippen molar-refractivity contribution in [2.75, 3.05) is 24.0 Å². The SMILES string of the molecule is COc1cc2c(cc1O[Si](C(C)C)(C(C)C)C(C)C)N(C(=O)O)[C@@H](O)[C@@H]1CC(c3ccc(NN[C@H](C)C(=O)N[C@H](C(=O)C(=O)OCC4c5ccccc5-c5ccccc54)C(C)C)cc3)=CN1C2=O. The third-order valence-electron chi connectivity index (χ3n) is 13.8. The number of nitrogens with one attached hydrogen (secondary N) is 3. The number of Topliss-reactive ketones (excluding diaryl/α,β-unsaturated/α-hetero) is 1. The van der Waals surface area contributed by atoms with Gasteiger partial charge in [0.15, 0.2) is 12.0 Å². The fraction of sp³-hybridized carbons (Fsp3) is 0.404. The van der Waals surface area contributed by atoms with Gasteiger partial charge in [0.05, 0.1) is 24.4 Å². The minimum Gasteiger partial charge on any atom is -0.540 e. The van der Waals surface area contributed by atoms with E-state index in [2.05, 4.69) is 57.7 Å². The lowest BCUT2D eigenvalue weighted by atomic mass is 9.97. The van der Waals surface area contributed by atoms with Crippen molar-refractivity contribution in [3.05, 3.63) is 113 Å². The molecule has 0 unspecified atom stereocenters. The Hall–Kier alpha value is -6.49. The number of aliphatic hydroxyl groups excluding tert-OH is 1. The van der Waals surface area contributed by atoms with Gasteiger partial charge in [-0.2, -0.15) is 0 Å². The highest BCUT2D eigenvalue weighted by Crippen LogP contribution is 2.49. The molecule has 4 aromatic carbocycles. The predicted octanol–water partition coefficient (Wildman–Crippen LogP) is 8.69. The Balaban J connectivity index is 0.995. The Labute approximate surface area is 398 Å². The van der Waals surface area contributed by atoms with Crippen LogP contribution in [0, 0.1) is 5.92 Å². The van der Waals surface area contributed by atoms with Gasteiger partial charge in [0, 0.05) is 23.9 Å². The number of carboxylic acid groups (broad SMARTS) is 1. The standard InChI is InChI=1S/C52H63N5O10Si/c1-28(2)46(47(58)51(62)66-27-41-38-17-13-11-15-36(38)37-16-12-14-18-39(37)41)53-48(59)32(9)54-55-35-21-19-33(20-22-35)34-23-43-50(61)57(52(63)64)42-25-45(67-68(29(3)4,30(5)6)31(7)8)44(65-10)24-40(42)49(60)56(43)26-34/h11-22,24-26,28-32,41,43,46,50,54-55,61H,23,27H2,1-10H3,(H,53,59)(H,63,64)/t32-,43+,46+,50+/m1/s1. The maximum atomic E-state index is 14.4. The fourth-order valence-corrected chi connectivity index (χ4v) is 15.5. The van der Waals surface area contributed by atoms with Crippen LogP contribution < -0.4 is 30.2 Å². The molecule has 2 aliphatic heterocycles. The van der Waals surface area contributed by atoms with Gasteiger partial charge in [0.1, 0.15) is 24.4 Å². The number of aliphatic hydroxyl groups is 1. The van der Waals surface area contributed by atoms with Crippen LogP contribution in [0.2, 0.25) is 16.6 Å². The number of benzene rings is 4. The van der Waals surface area contributed by atoms with Crippen LogP contribution in [0.3, 0.4) is 0 Å². The van der Waals surface area contributed by atoms with Crippen LogP contribution in [0.4, 0.5) is 16.2 Å². The van der Waals surface area contributed by atoms with Crippen molar-refractivity contribution < 1.29 is 48.1 Å². The highest BCUT2D eigenvalue weighted by Gasteiger charge is 2.49. The summed E-state index contributed by atoms with van der Waals surface area (Å²) in [5.74, 6) is -2.87. The van der Waals surface area contributed by atoms with Gasteiger partial charge < -0.3 is 39.8 Å². The van der Waals surface area contributed by atoms with Gasteiger partial charge >= 0.3 is 12.1 Å². The first-order valence-corrected chi connectivity index (χ1v) is 25.4. The number of carbonyl (C=O) groups is 5. The summed E-state index contributed by atoms with van der Waals surface area (Å²) < 4.78 is 18.3. The molecule has 4 atom stereocenters. The number of ether oxygens (including phenoxy) is 2. The molecular weight excluding hydrogens is 883 g/mol. The molecule has 0 radical (unpaired) electrons. The van der Waals surface area contributed by atoms with E-state index < -0.39 is 68.2 Å². The number of hydrogen-bond acceptors (Lipinski definition) is 11. The largest absolute Gasteiger partial charge is 0.540 e. The molecular formula is C52H63N5O10Si. The van der Waals surface area contributed by atoms with Crippen molar-refractivity contribution in [1.82, 2.24) is 15.6 Å². The predicted molar refractivity (Wildman–Crippen MR) is 263 cm³/mol. The molecule has 1 aliphatic carbocycles. The maximum absolute atomic E-state index is 14.4. The third kappa shape index (κ3) is 9.24. The van der Waals surface area contributed by atoms with Crippen molar-refractivity contribution >= 4 is 54.9 Å². The molecule has 0 aromatic heterocycles. The van der Waals surface area contributed by atoms with Gasteiger partial charge in [-0.1, -0.05) is 116 Å². The van der Waals surface area contributed by atoms with Gasteiger partial charge in [-0.3, -0.25) is 14.4 Å². The minimum atomic E-state index is -2.55. The molecule has 7 rings (SSSR count). The first kappa shape index (κ1) is 49.4. The highest BCUT2D eigenvalue weighted by molar-refractivity contribution is 6.78. The second kappa shape index (κ2) is 20.0. The summed E-state index contributed by atoms with van der Waals surface area (Å²) in [5, 5.41) is 25.0. The van der Waals surface area contributed by atoms with E-state index in [0.717, 1.165) is 32.7 Å². The first-order valence-electron chi connectivity index (χ1n) is 23.3. The molecule has 4 aromatic rings. The molecule has 0 saturated heterocycles. The van der Waals surface area contributed by atoms with Gasteiger partial charge in [-0.05, 0) is 87.5 Å². The zero-order valence-corrected chi connectivity index (χ0v) is 41.3. The molecule has 0 fully saturated rings. The molecule has 68 heavy (non-hydrogen) atoms. The summed E-state index contributed by atoms with van der Waals surface area (Å²) in [5.41, 5.74) is 12.8. The molecule has 16 heteroatoms. The molecule has 15 nitrogen and oxygen atoms in total. The number of anilines is 2. The minimum absolute atomic E-state index is 0.0158. The average Bonchev–Trinajstić information content (AvgIpc) is 3.88. The number of nitrogens with zero attached hydrogens (tertiary/aromatic N) is 2. The lowest BCUT2D eigenvalue weighted by Crippen LogP contribution is -2.53. The maximum Gasteiger partial charge on any atom is 0.414 e. The van der Waals surface area contributed by atoms with E-state index in [1.54, 1.807) is 51.2 Å². The number of esters is 1. The number of fused-ring (bicyclic) bond motifs is 5. The summed E-state index contributed by atoms with van der Waals surface area (Å²) in [6.07, 6.45) is -1.25. The monoisotopic (exact) mass is 945 g/mol. The number of methoxy groups -OCH3 is 1. The number of hydrazine groups is 1. The summed E-state index contributed by atoms with van der Waals surface area (Å²) >= 11 is 0. The van der Waals surface area contributed by atoms with Gasteiger partial charge in [-0.25, -0.2) is 19.9 Å². The lowest BCUT2D eigenvalue weighted by Gasteiger charge is -2.42. The quantitative estimate of drug-likeness (QED) is 0.0293. The number of hydrogen-bond donors (Lipinski definition) is 5. The molecule has 5 N–H and O–H groups in total. The number of carbonyl (C=O) groups excluding carboxylic acids is 4. The van der Waals surface area contributed by atoms with Crippen LogP contribution in [0.15, 0.2) is 91.1 Å². The molecule has 0 bridgehead atoms. The Morgan fingerprint density at radius 2 is 1.38 bits per heavy atom. The topological polar surface area (TPSA) is 196 Å². The molecule has 360 valence electrons. The van der Waals surface area contributed by atoms with Crippen LogP contribution in [0.5, 0.6) is 11.5 Å². The first-order chi connectivity index (χ1) is 32.3. The zero-order chi connectivity index (χ0) is 49.4. The second-order valence-corrected chi connectivity index (χ2v) is 24.5. The van der Waals surface area contributed by atoms with Gasteiger partial charge in [0.25, 0.3) is 20.0 Å². The number of amides is 3. The lowest BCUT2D eigenvalue weighted by molar-refractivity contribution is -0.155. The van der Waals surface area contributed by atoms with Crippen LogP contribution in [0.25, 0.3) is 16.7 Å². The van der Waals surface area contributed by atoms with Crippen molar-refractivity contribution in [3.63, 3.8) is 0 Å². The van der Waals surface area contributed by atoms with Gasteiger partial charge in [0.2, 0.25) is 5.91 Å². The van der Waals surface area contributed by atoms with Crippen LogP contribution >= 0.6 is 0 Å². The van der Waals surface area contributed by atoms with Crippen molar-refractivity contribution in [1.29, 1.82) is 0 Å². The van der Waals surface area contributed by atoms with E-state index in [-0.39, 0.29) is 46.8 Å². The fourth-order valence-electron chi connectivity index (χ4n) is 10.3. The van der Waals surface area contributed by atoms with E-state index in [1.165, 1.54) is 24.1 Å². The van der Waals surface area contributed by atoms with Crippen molar-refractivity contribution in [3.8, 4) is 22.6 Å². The van der Waals surface area contributed by atoms with E-state index in [0.29, 0.717) is 22.8 Å². The zero-order valence-electron chi connectivity index (χ0n) is 40.3. The Morgan fingerprint density at radius 3 is 1.93 bits per heavy atom. The van der Waals surface area contributed by atoms with Gasteiger partial charge in [-0.15, -0.1) is 0 Å².